The number of piperidine rings is 1. The highest BCUT2D eigenvalue weighted by Gasteiger charge is 2.15. The van der Waals surface area contributed by atoms with Crippen LogP contribution >= 0.6 is 0 Å². The summed E-state index contributed by atoms with van der Waals surface area (Å²) in [6, 6.07) is 10.1. The van der Waals surface area contributed by atoms with Gasteiger partial charge in [0.05, 0.1) is 6.54 Å². The van der Waals surface area contributed by atoms with Crippen molar-refractivity contribution >= 4 is 17.6 Å². The predicted molar refractivity (Wildman–Crippen MR) is 95.6 cm³/mol. The van der Waals surface area contributed by atoms with E-state index in [4.69, 9.17) is 4.99 Å². The van der Waals surface area contributed by atoms with E-state index in [9.17, 15) is 4.79 Å². The van der Waals surface area contributed by atoms with Crippen LogP contribution in [0, 0.1) is 5.92 Å². The van der Waals surface area contributed by atoms with Gasteiger partial charge in [-0.15, -0.1) is 0 Å². The van der Waals surface area contributed by atoms with Crippen molar-refractivity contribution in [1.82, 2.24) is 10.2 Å². The molecule has 126 valence electrons. The number of carbonyl (C=O) groups excluding carboxylic acids is 1. The van der Waals surface area contributed by atoms with E-state index in [2.05, 4.69) is 15.5 Å². The molecule has 0 spiro atoms. The van der Waals surface area contributed by atoms with E-state index >= 15 is 0 Å². The lowest BCUT2D eigenvalue weighted by Gasteiger charge is -2.30. The highest BCUT2D eigenvalue weighted by molar-refractivity contribution is 5.93. The van der Waals surface area contributed by atoms with Gasteiger partial charge in [0.1, 0.15) is 0 Å². The average Bonchev–Trinajstić information content (AvgIpc) is 2.59. The molecule has 1 aromatic carbocycles. The SMILES string of the molecule is CC(C)C(=O)NCCN=C(Nc1ccccc1)N1CCCCC1. The summed E-state index contributed by atoms with van der Waals surface area (Å²) in [6.07, 6.45) is 3.71. The summed E-state index contributed by atoms with van der Waals surface area (Å²) in [6.45, 7) is 7.03. The molecule has 23 heavy (non-hydrogen) atoms. The van der Waals surface area contributed by atoms with Crippen LogP contribution in [-0.2, 0) is 4.79 Å². The monoisotopic (exact) mass is 316 g/mol. The first-order valence-corrected chi connectivity index (χ1v) is 8.56. The summed E-state index contributed by atoms with van der Waals surface area (Å²) in [5, 5.41) is 6.33. The van der Waals surface area contributed by atoms with Gasteiger partial charge in [0.25, 0.3) is 0 Å². The molecule has 1 heterocycles. The molecule has 5 heteroatoms. The third kappa shape index (κ3) is 5.93. The van der Waals surface area contributed by atoms with Crippen LogP contribution in [0.5, 0.6) is 0 Å². The van der Waals surface area contributed by atoms with E-state index in [1.54, 1.807) is 0 Å². The van der Waals surface area contributed by atoms with Crippen molar-refractivity contribution < 1.29 is 4.79 Å². The smallest absolute Gasteiger partial charge is 0.222 e. The second-order valence-electron chi connectivity index (χ2n) is 6.19. The van der Waals surface area contributed by atoms with E-state index < -0.39 is 0 Å². The molecule has 2 rings (SSSR count). The van der Waals surface area contributed by atoms with E-state index in [1.165, 1.54) is 19.3 Å². The van der Waals surface area contributed by atoms with Crippen molar-refractivity contribution in [2.75, 3.05) is 31.5 Å². The fourth-order valence-corrected chi connectivity index (χ4v) is 2.52. The number of hydrogen-bond acceptors (Lipinski definition) is 2. The maximum absolute atomic E-state index is 11.6. The Hall–Kier alpha value is -2.04. The van der Waals surface area contributed by atoms with E-state index in [0.717, 1.165) is 24.7 Å². The molecule has 0 bridgehead atoms. The maximum Gasteiger partial charge on any atom is 0.222 e. The summed E-state index contributed by atoms with van der Waals surface area (Å²) in [5.41, 5.74) is 1.04. The van der Waals surface area contributed by atoms with Gasteiger partial charge in [-0.25, -0.2) is 0 Å². The standard InChI is InChI=1S/C18H28N4O/c1-15(2)17(23)19-11-12-20-18(22-13-7-4-8-14-22)21-16-9-5-3-6-10-16/h3,5-6,9-10,15H,4,7-8,11-14H2,1-2H3,(H,19,23)(H,20,21). The molecule has 0 unspecified atom stereocenters. The number of rotatable bonds is 5. The molecule has 1 aliphatic heterocycles. The topological polar surface area (TPSA) is 56.7 Å². The number of amides is 1. The van der Waals surface area contributed by atoms with Gasteiger partial charge in [0, 0.05) is 31.2 Å². The van der Waals surface area contributed by atoms with Crippen LogP contribution in [0.1, 0.15) is 33.1 Å². The molecule has 1 amide bonds. The molecule has 0 atom stereocenters. The van der Waals surface area contributed by atoms with Gasteiger partial charge in [-0.05, 0) is 31.4 Å². The van der Waals surface area contributed by atoms with Crippen LogP contribution in [0.25, 0.3) is 0 Å². The first-order chi connectivity index (χ1) is 11.2. The van der Waals surface area contributed by atoms with Crippen LogP contribution in [-0.4, -0.2) is 42.9 Å². The minimum absolute atomic E-state index is 0.0167. The Morgan fingerprint density at radius 2 is 1.87 bits per heavy atom. The molecule has 5 nitrogen and oxygen atoms in total. The average molecular weight is 316 g/mol. The van der Waals surface area contributed by atoms with Crippen LogP contribution < -0.4 is 10.6 Å². The lowest BCUT2D eigenvalue weighted by Crippen LogP contribution is -2.40. The second-order valence-corrected chi connectivity index (χ2v) is 6.19. The Morgan fingerprint density at radius 1 is 1.17 bits per heavy atom. The van der Waals surface area contributed by atoms with Gasteiger partial charge in [-0.3, -0.25) is 9.79 Å². The van der Waals surface area contributed by atoms with Crippen molar-refractivity contribution in [3.8, 4) is 0 Å². The molecular formula is C18H28N4O. The molecule has 1 saturated heterocycles. The number of aliphatic imine (C=N–C) groups is 1. The zero-order chi connectivity index (χ0) is 16.5. The lowest BCUT2D eigenvalue weighted by atomic mass is 10.1. The van der Waals surface area contributed by atoms with Crippen molar-refractivity contribution in [3.05, 3.63) is 30.3 Å². The van der Waals surface area contributed by atoms with Crippen molar-refractivity contribution in [1.29, 1.82) is 0 Å². The third-order valence-electron chi connectivity index (χ3n) is 3.88. The summed E-state index contributed by atoms with van der Waals surface area (Å²) in [7, 11) is 0. The van der Waals surface area contributed by atoms with Gasteiger partial charge in [-0.2, -0.15) is 0 Å². The number of nitrogens with zero attached hydrogens (tertiary/aromatic N) is 2. The summed E-state index contributed by atoms with van der Waals surface area (Å²) in [5.74, 6) is 1.01. The highest BCUT2D eigenvalue weighted by atomic mass is 16.1. The molecule has 0 radical (unpaired) electrons. The second kappa shape index (κ2) is 9.18. The fourth-order valence-electron chi connectivity index (χ4n) is 2.52. The first kappa shape index (κ1) is 17.3. The number of guanidine groups is 1. The van der Waals surface area contributed by atoms with Crippen LogP contribution in [0.4, 0.5) is 5.69 Å². The van der Waals surface area contributed by atoms with E-state index in [1.807, 2.05) is 44.2 Å². The van der Waals surface area contributed by atoms with Crippen LogP contribution in [0.3, 0.4) is 0 Å². The highest BCUT2D eigenvalue weighted by Crippen LogP contribution is 2.12. The number of carbonyl (C=O) groups is 1. The van der Waals surface area contributed by atoms with E-state index in [0.29, 0.717) is 13.1 Å². The number of anilines is 1. The Labute approximate surface area is 139 Å². The summed E-state index contributed by atoms with van der Waals surface area (Å²) in [4.78, 5) is 18.6. The predicted octanol–water partition coefficient (Wildman–Crippen LogP) is 2.71. The first-order valence-electron chi connectivity index (χ1n) is 8.56. The van der Waals surface area contributed by atoms with Gasteiger partial charge >= 0.3 is 0 Å². The van der Waals surface area contributed by atoms with Gasteiger partial charge < -0.3 is 15.5 Å². The lowest BCUT2D eigenvalue weighted by molar-refractivity contribution is -0.123. The maximum atomic E-state index is 11.6. The zero-order valence-electron chi connectivity index (χ0n) is 14.2. The largest absolute Gasteiger partial charge is 0.354 e. The summed E-state index contributed by atoms with van der Waals surface area (Å²) >= 11 is 0. The third-order valence-corrected chi connectivity index (χ3v) is 3.88. The Balaban J connectivity index is 1.94. The number of para-hydroxylation sites is 1. The van der Waals surface area contributed by atoms with Crippen LogP contribution in [0.2, 0.25) is 0 Å². The number of benzene rings is 1. The fraction of sp³-hybridized carbons (Fsp3) is 0.556. The van der Waals surface area contributed by atoms with Crippen molar-refractivity contribution in [2.24, 2.45) is 10.9 Å². The molecule has 0 aromatic heterocycles. The van der Waals surface area contributed by atoms with Gasteiger partial charge in [0.2, 0.25) is 5.91 Å². The van der Waals surface area contributed by atoms with Crippen molar-refractivity contribution in [3.63, 3.8) is 0 Å². The Kier molecular flexibility index (Phi) is 6.91. The quantitative estimate of drug-likeness (QED) is 0.499. The van der Waals surface area contributed by atoms with Crippen molar-refractivity contribution in [2.45, 2.75) is 33.1 Å². The zero-order valence-corrected chi connectivity index (χ0v) is 14.2. The van der Waals surface area contributed by atoms with E-state index in [-0.39, 0.29) is 11.8 Å². The summed E-state index contributed by atoms with van der Waals surface area (Å²) < 4.78 is 0. The normalized spacial score (nSPS) is 15.6. The number of nitrogens with one attached hydrogen (secondary N) is 2. The molecule has 0 aliphatic carbocycles. The molecule has 1 aliphatic rings. The van der Waals surface area contributed by atoms with Gasteiger partial charge in [0.15, 0.2) is 5.96 Å². The molecule has 1 aromatic rings. The minimum Gasteiger partial charge on any atom is -0.354 e. The Bertz CT molecular complexity index is 507. The molecule has 2 N–H and O–H groups in total. The van der Waals surface area contributed by atoms with Gasteiger partial charge in [-0.1, -0.05) is 32.0 Å². The Morgan fingerprint density at radius 3 is 2.52 bits per heavy atom. The molecular weight excluding hydrogens is 288 g/mol. The molecule has 1 fully saturated rings. The number of hydrogen-bond donors (Lipinski definition) is 2. The molecule has 0 saturated carbocycles. The van der Waals surface area contributed by atoms with Crippen LogP contribution in [0.15, 0.2) is 35.3 Å². The minimum atomic E-state index is 0.0167. The number of likely N-dealkylation sites (tertiary alicyclic amines) is 1.